The first-order chi connectivity index (χ1) is 12.2. The van der Waals surface area contributed by atoms with E-state index >= 15 is 0 Å². The minimum absolute atomic E-state index is 0.0148. The van der Waals surface area contributed by atoms with Gasteiger partial charge in [0, 0.05) is 12.3 Å². The van der Waals surface area contributed by atoms with Gasteiger partial charge in [0.15, 0.2) is 0 Å². The Labute approximate surface area is 152 Å². The topological polar surface area (TPSA) is 57.0 Å². The number of hydrogen-bond acceptors (Lipinski definition) is 5. The lowest BCUT2D eigenvalue weighted by molar-refractivity contribution is -0.140. The van der Waals surface area contributed by atoms with Crippen molar-refractivity contribution in [1.29, 1.82) is 0 Å². The van der Waals surface area contributed by atoms with Gasteiger partial charge in [-0.25, -0.2) is 9.67 Å². The lowest BCUT2D eigenvalue weighted by Gasteiger charge is -2.21. The maximum absolute atomic E-state index is 11.9. The Balaban J connectivity index is 1.64. The van der Waals surface area contributed by atoms with E-state index in [0.717, 1.165) is 30.8 Å². The standard InChI is InChI=1S/C19H23N3O2S/c1-13-12-16(18(23)24-13)25-19-20-17(14-8-4-2-5-9-14)22(21-19)15-10-6-3-7-11-15/h3,6-7,10-11,13-14,16H,2,4-5,8-9,12H2,1H3/t13-,16+/m0/s1. The third-order valence-electron chi connectivity index (χ3n) is 4.96. The van der Waals surface area contributed by atoms with Crippen LogP contribution in [0.5, 0.6) is 0 Å². The van der Waals surface area contributed by atoms with Crippen molar-refractivity contribution in [3.05, 3.63) is 36.2 Å². The number of nitrogens with zero attached hydrogens (tertiary/aromatic N) is 3. The maximum Gasteiger partial charge on any atom is 0.319 e. The molecule has 1 saturated heterocycles. The third-order valence-corrected chi connectivity index (χ3v) is 6.01. The number of thioether (sulfide) groups is 1. The number of hydrogen-bond donors (Lipinski definition) is 0. The van der Waals surface area contributed by atoms with Crippen LogP contribution in [0.2, 0.25) is 0 Å². The fourth-order valence-electron chi connectivity index (χ4n) is 3.68. The molecule has 6 heteroatoms. The smallest absolute Gasteiger partial charge is 0.319 e. The number of esters is 1. The number of para-hydroxylation sites is 1. The van der Waals surface area contributed by atoms with Crippen LogP contribution in [0.15, 0.2) is 35.5 Å². The van der Waals surface area contributed by atoms with E-state index in [9.17, 15) is 4.79 Å². The average molecular weight is 357 g/mol. The third kappa shape index (κ3) is 3.59. The number of benzene rings is 1. The summed E-state index contributed by atoms with van der Waals surface area (Å²) in [5, 5.41) is 5.23. The van der Waals surface area contributed by atoms with E-state index in [4.69, 9.17) is 14.8 Å². The molecule has 0 N–H and O–H groups in total. The molecule has 0 unspecified atom stereocenters. The van der Waals surface area contributed by atoms with E-state index < -0.39 is 0 Å². The largest absolute Gasteiger partial charge is 0.462 e. The number of carbonyl (C=O) groups is 1. The van der Waals surface area contributed by atoms with Crippen molar-refractivity contribution in [2.75, 3.05) is 0 Å². The van der Waals surface area contributed by atoms with Gasteiger partial charge in [0.1, 0.15) is 17.2 Å². The van der Waals surface area contributed by atoms with Crippen molar-refractivity contribution < 1.29 is 9.53 Å². The fraction of sp³-hybridized carbons (Fsp3) is 0.526. The van der Waals surface area contributed by atoms with Crippen molar-refractivity contribution in [2.24, 2.45) is 0 Å². The molecular weight excluding hydrogens is 334 g/mol. The van der Waals surface area contributed by atoms with Gasteiger partial charge in [0.05, 0.1) is 5.69 Å². The molecule has 5 nitrogen and oxygen atoms in total. The van der Waals surface area contributed by atoms with Gasteiger partial charge in [-0.05, 0) is 31.9 Å². The number of carbonyl (C=O) groups excluding carboxylic acids is 1. The lowest BCUT2D eigenvalue weighted by atomic mass is 9.88. The molecule has 0 spiro atoms. The first kappa shape index (κ1) is 16.6. The van der Waals surface area contributed by atoms with Gasteiger partial charge in [-0.1, -0.05) is 49.2 Å². The summed E-state index contributed by atoms with van der Waals surface area (Å²) in [6.07, 6.45) is 6.85. The number of ether oxygens (including phenoxy) is 1. The molecule has 0 amide bonds. The quantitative estimate of drug-likeness (QED) is 0.771. The van der Waals surface area contributed by atoms with Crippen LogP contribution in [-0.2, 0) is 9.53 Å². The molecule has 132 valence electrons. The second kappa shape index (κ2) is 7.20. The summed E-state index contributed by atoms with van der Waals surface area (Å²) in [5.41, 5.74) is 1.03. The van der Waals surface area contributed by atoms with E-state index in [1.165, 1.54) is 31.0 Å². The number of rotatable bonds is 4. The molecular formula is C19H23N3O2S. The maximum atomic E-state index is 11.9. The molecule has 0 bridgehead atoms. The fourth-order valence-corrected chi connectivity index (χ4v) is 4.73. The minimum Gasteiger partial charge on any atom is -0.462 e. The van der Waals surface area contributed by atoms with Gasteiger partial charge in [0.25, 0.3) is 0 Å². The van der Waals surface area contributed by atoms with Crippen LogP contribution < -0.4 is 0 Å². The van der Waals surface area contributed by atoms with Gasteiger partial charge in [0.2, 0.25) is 5.16 Å². The lowest BCUT2D eigenvalue weighted by Crippen LogP contribution is -2.12. The zero-order chi connectivity index (χ0) is 17.2. The first-order valence-electron chi connectivity index (χ1n) is 9.10. The summed E-state index contributed by atoms with van der Waals surface area (Å²) in [7, 11) is 0. The Kier molecular flexibility index (Phi) is 4.79. The SMILES string of the molecule is C[C@H]1C[C@@H](Sc2nc(C3CCCCC3)n(-c3ccccc3)n2)C(=O)O1. The van der Waals surface area contributed by atoms with Crippen LogP contribution in [0.3, 0.4) is 0 Å². The second-order valence-corrected chi connectivity index (χ2v) is 8.09. The van der Waals surface area contributed by atoms with Gasteiger partial charge < -0.3 is 4.74 Å². The Bertz CT molecular complexity index is 740. The van der Waals surface area contributed by atoms with Crippen molar-refractivity contribution in [3.63, 3.8) is 0 Å². The first-order valence-corrected chi connectivity index (χ1v) is 9.98. The van der Waals surface area contributed by atoms with Crippen LogP contribution in [0.4, 0.5) is 0 Å². The molecule has 2 aromatic rings. The summed E-state index contributed by atoms with van der Waals surface area (Å²) in [6, 6.07) is 10.2. The molecule has 2 heterocycles. The molecule has 4 rings (SSSR count). The number of aromatic nitrogens is 3. The Hall–Kier alpha value is -1.82. The summed E-state index contributed by atoms with van der Waals surface area (Å²) in [5.74, 6) is 1.34. The summed E-state index contributed by atoms with van der Waals surface area (Å²) in [6.45, 7) is 1.93. The zero-order valence-electron chi connectivity index (χ0n) is 14.4. The van der Waals surface area contributed by atoms with Crippen molar-refractivity contribution in [3.8, 4) is 5.69 Å². The van der Waals surface area contributed by atoms with Gasteiger partial charge in [-0.2, -0.15) is 0 Å². The van der Waals surface area contributed by atoms with Crippen molar-refractivity contribution in [2.45, 2.75) is 67.9 Å². The normalized spacial score (nSPS) is 24.4. The highest BCUT2D eigenvalue weighted by atomic mass is 32.2. The van der Waals surface area contributed by atoms with Crippen LogP contribution in [0.1, 0.15) is 57.2 Å². The van der Waals surface area contributed by atoms with E-state index in [0.29, 0.717) is 11.1 Å². The summed E-state index contributed by atoms with van der Waals surface area (Å²) in [4.78, 5) is 16.8. The monoisotopic (exact) mass is 357 g/mol. The molecule has 1 aliphatic heterocycles. The van der Waals surface area contributed by atoms with Gasteiger partial charge >= 0.3 is 5.97 Å². The Morgan fingerprint density at radius 2 is 1.92 bits per heavy atom. The highest BCUT2D eigenvalue weighted by Gasteiger charge is 2.34. The zero-order valence-corrected chi connectivity index (χ0v) is 15.2. The molecule has 1 saturated carbocycles. The average Bonchev–Trinajstić information content (AvgIpc) is 3.20. The van der Waals surface area contributed by atoms with Gasteiger partial charge in [-0.15, -0.1) is 5.10 Å². The second-order valence-electron chi connectivity index (χ2n) is 6.92. The molecule has 1 aromatic carbocycles. The Morgan fingerprint density at radius 1 is 1.16 bits per heavy atom. The number of cyclic esters (lactones) is 1. The van der Waals surface area contributed by atoms with E-state index in [1.54, 1.807) is 0 Å². The molecule has 2 atom stereocenters. The highest BCUT2D eigenvalue weighted by Crippen LogP contribution is 2.36. The molecule has 1 aromatic heterocycles. The van der Waals surface area contributed by atoms with Crippen LogP contribution in [0, 0.1) is 0 Å². The van der Waals surface area contributed by atoms with Crippen molar-refractivity contribution in [1.82, 2.24) is 14.8 Å². The van der Waals surface area contributed by atoms with E-state index in [-0.39, 0.29) is 17.3 Å². The summed E-state index contributed by atoms with van der Waals surface area (Å²) < 4.78 is 7.24. The molecule has 25 heavy (non-hydrogen) atoms. The Morgan fingerprint density at radius 3 is 2.60 bits per heavy atom. The molecule has 2 fully saturated rings. The molecule has 2 aliphatic rings. The summed E-state index contributed by atoms with van der Waals surface area (Å²) >= 11 is 1.44. The minimum atomic E-state index is -0.194. The highest BCUT2D eigenvalue weighted by molar-refractivity contribution is 8.00. The van der Waals surface area contributed by atoms with Crippen LogP contribution in [-0.4, -0.2) is 32.1 Å². The predicted octanol–water partition coefficient (Wildman–Crippen LogP) is 4.11. The van der Waals surface area contributed by atoms with E-state index in [2.05, 4.69) is 12.1 Å². The molecule has 1 aliphatic carbocycles. The van der Waals surface area contributed by atoms with Crippen LogP contribution >= 0.6 is 11.8 Å². The molecule has 0 radical (unpaired) electrons. The predicted molar refractivity (Wildman–Crippen MR) is 97.0 cm³/mol. The van der Waals surface area contributed by atoms with E-state index in [1.807, 2.05) is 29.8 Å². The van der Waals surface area contributed by atoms with Gasteiger partial charge in [-0.3, -0.25) is 4.79 Å². The van der Waals surface area contributed by atoms with Crippen molar-refractivity contribution >= 4 is 17.7 Å². The van der Waals surface area contributed by atoms with Crippen LogP contribution in [0.25, 0.3) is 5.69 Å².